The Bertz CT molecular complexity index is 233. The van der Waals surface area contributed by atoms with Crippen LogP contribution < -0.4 is 5.32 Å². The Balaban J connectivity index is 3.27. The maximum Gasteiger partial charge on any atom is 0.0701 e. The number of hydrogen-bond donors (Lipinski definition) is 1. The van der Waals surface area contributed by atoms with Gasteiger partial charge < -0.3 is 29.3 Å². The van der Waals surface area contributed by atoms with Crippen LogP contribution in [0.4, 0.5) is 0 Å². The van der Waals surface area contributed by atoms with E-state index in [1.165, 1.54) is 13.0 Å². The average Bonchev–Trinajstić information content (AvgIpc) is 2.56. The van der Waals surface area contributed by atoms with Gasteiger partial charge in [-0.25, -0.2) is 0 Å². The van der Waals surface area contributed by atoms with Gasteiger partial charge in [-0.3, -0.25) is 0 Å². The van der Waals surface area contributed by atoms with Gasteiger partial charge in [0.2, 0.25) is 0 Å². The Morgan fingerprint density at radius 2 is 1.35 bits per heavy atom. The molecule has 1 N–H and O–H groups in total. The summed E-state index contributed by atoms with van der Waals surface area (Å²) in [7, 11) is 4.07. The van der Waals surface area contributed by atoms with Crippen LogP contribution in [-0.2, 0) is 14.2 Å². The number of ether oxygens (including phenoxy) is 3. The van der Waals surface area contributed by atoms with E-state index < -0.39 is 0 Å². The molecule has 0 radical (unpaired) electrons. The van der Waals surface area contributed by atoms with Gasteiger partial charge in [0.15, 0.2) is 0 Å². The molecule has 0 amide bonds. The predicted octanol–water partition coefficient (Wildman–Crippen LogP) is 0.919. The monoisotopic (exact) mass is 333 g/mol. The van der Waals surface area contributed by atoms with Crippen molar-refractivity contribution in [1.82, 2.24) is 15.1 Å². The molecule has 0 aromatic heterocycles. The Morgan fingerprint density at radius 1 is 0.739 bits per heavy atom. The second-order valence-electron chi connectivity index (χ2n) is 5.68. The third kappa shape index (κ3) is 16.4. The average molecular weight is 334 g/mol. The molecule has 0 unspecified atom stereocenters. The van der Waals surface area contributed by atoms with Crippen LogP contribution in [0.2, 0.25) is 0 Å². The molecule has 0 atom stereocenters. The summed E-state index contributed by atoms with van der Waals surface area (Å²) in [6, 6.07) is 0. The first-order valence-corrected chi connectivity index (χ1v) is 9.03. The summed E-state index contributed by atoms with van der Waals surface area (Å²) in [5.41, 5.74) is 0. The quantitative estimate of drug-likeness (QED) is 0.376. The van der Waals surface area contributed by atoms with Crippen molar-refractivity contribution in [3.63, 3.8) is 0 Å². The lowest BCUT2D eigenvalue weighted by atomic mass is 10.4. The van der Waals surface area contributed by atoms with Gasteiger partial charge in [0.1, 0.15) is 0 Å². The topological polar surface area (TPSA) is 46.2 Å². The molecule has 6 nitrogen and oxygen atoms in total. The maximum absolute atomic E-state index is 5.60. The van der Waals surface area contributed by atoms with Crippen molar-refractivity contribution < 1.29 is 14.2 Å². The van der Waals surface area contributed by atoms with Gasteiger partial charge in [0.05, 0.1) is 39.6 Å². The molecule has 0 heterocycles. The Labute approximate surface area is 143 Å². The van der Waals surface area contributed by atoms with Gasteiger partial charge >= 0.3 is 0 Å². The third-order valence-corrected chi connectivity index (χ3v) is 3.64. The number of nitrogens with one attached hydrogen (secondary N) is 1. The van der Waals surface area contributed by atoms with Gasteiger partial charge in [-0.05, 0) is 33.6 Å². The molecule has 0 rings (SSSR count). The van der Waals surface area contributed by atoms with Gasteiger partial charge in [-0.15, -0.1) is 0 Å². The summed E-state index contributed by atoms with van der Waals surface area (Å²) < 4.78 is 16.4. The van der Waals surface area contributed by atoms with E-state index in [9.17, 15) is 0 Å². The minimum absolute atomic E-state index is 0.636. The second-order valence-corrected chi connectivity index (χ2v) is 5.68. The highest BCUT2D eigenvalue weighted by Crippen LogP contribution is 1.92. The Kier molecular flexibility index (Phi) is 17.9. The fraction of sp³-hybridized carbons (Fsp3) is 1.00. The van der Waals surface area contributed by atoms with Crippen LogP contribution in [0, 0.1) is 0 Å². The Morgan fingerprint density at radius 3 is 1.91 bits per heavy atom. The molecule has 0 bridgehead atoms. The number of likely N-dealkylation sites (N-methyl/N-ethyl adjacent to an activating group) is 3. The van der Waals surface area contributed by atoms with E-state index in [0.717, 1.165) is 45.9 Å². The summed E-state index contributed by atoms with van der Waals surface area (Å²) in [5.74, 6) is 0. The van der Waals surface area contributed by atoms with Gasteiger partial charge in [0.25, 0.3) is 0 Å². The first-order chi connectivity index (χ1) is 11.2. The lowest BCUT2D eigenvalue weighted by Gasteiger charge is -2.23. The second kappa shape index (κ2) is 18.1. The fourth-order valence-corrected chi connectivity index (χ4v) is 2.10. The standard InChI is InChI=1S/C17H39N3O3/c1-5-8-20(6-2)10-9-19(4)11-13-22-15-17-23-16-14-21-12-7-18-3/h18H,5-17H2,1-4H3. The normalized spacial score (nSPS) is 11.7. The van der Waals surface area contributed by atoms with Crippen molar-refractivity contribution in [2.75, 3.05) is 93.0 Å². The maximum atomic E-state index is 5.60. The van der Waals surface area contributed by atoms with E-state index in [1.807, 2.05) is 7.05 Å². The largest absolute Gasteiger partial charge is 0.378 e. The fourth-order valence-electron chi connectivity index (χ4n) is 2.10. The Hall–Kier alpha value is -0.240. The highest BCUT2D eigenvalue weighted by Gasteiger charge is 2.03. The molecular weight excluding hydrogens is 294 g/mol. The van der Waals surface area contributed by atoms with Crippen LogP contribution in [0.5, 0.6) is 0 Å². The van der Waals surface area contributed by atoms with E-state index in [2.05, 4.69) is 36.0 Å². The first kappa shape index (κ1) is 22.8. The summed E-state index contributed by atoms with van der Waals surface area (Å²) in [6.07, 6.45) is 1.22. The van der Waals surface area contributed by atoms with Gasteiger partial charge in [-0.2, -0.15) is 0 Å². The zero-order chi connectivity index (χ0) is 17.2. The highest BCUT2D eigenvalue weighted by atomic mass is 16.5. The molecule has 0 saturated carbocycles. The molecule has 0 aliphatic carbocycles. The van der Waals surface area contributed by atoms with E-state index in [-0.39, 0.29) is 0 Å². The number of hydrogen-bond acceptors (Lipinski definition) is 6. The van der Waals surface area contributed by atoms with Crippen LogP contribution >= 0.6 is 0 Å². The van der Waals surface area contributed by atoms with Crippen molar-refractivity contribution in [2.24, 2.45) is 0 Å². The van der Waals surface area contributed by atoms with Crippen LogP contribution in [-0.4, -0.2) is 103 Å². The van der Waals surface area contributed by atoms with E-state index in [4.69, 9.17) is 14.2 Å². The molecular formula is C17H39N3O3. The molecule has 0 aromatic carbocycles. The third-order valence-electron chi connectivity index (χ3n) is 3.64. The lowest BCUT2D eigenvalue weighted by Crippen LogP contribution is -2.35. The molecule has 0 saturated heterocycles. The van der Waals surface area contributed by atoms with Crippen molar-refractivity contribution in [2.45, 2.75) is 20.3 Å². The summed E-state index contributed by atoms with van der Waals surface area (Å²) >= 11 is 0. The van der Waals surface area contributed by atoms with E-state index in [0.29, 0.717) is 26.4 Å². The van der Waals surface area contributed by atoms with Crippen LogP contribution in [0.1, 0.15) is 20.3 Å². The molecule has 23 heavy (non-hydrogen) atoms. The van der Waals surface area contributed by atoms with Crippen LogP contribution in [0.25, 0.3) is 0 Å². The lowest BCUT2D eigenvalue weighted by molar-refractivity contribution is 0.0120. The SMILES string of the molecule is CCCN(CC)CCN(C)CCOCCOCCOCCNC. The van der Waals surface area contributed by atoms with Crippen LogP contribution in [0.15, 0.2) is 0 Å². The van der Waals surface area contributed by atoms with E-state index >= 15 is 0 Å². The minimum Gasteiger partial charge on any atom is -0.378 e. The molecule has 140 valence electrons. The highest BCUT2D eigenvalue weighted by molar-refractivity contribution is 4.58. The van der Waals surface area contributed by atoms with Crippen molar-refractivity contribution in [3.8, 4) is 0 Å². The van der Waals surface area contributed by atoms with Crippen molar-refractivity contribution in [3.05, 3.63) is 0 Å². The summed E-state index contributed by atoms with van der Waals surface area (Å²) in [6.45, 7) is 14.9. The number of rotatable bonds is 18. The zero-order valence-electron chi connectivity index (χ0n) is 15.8. The van der Waals surface area contributed by atoms with Gasteiger partial charge in [-0.1, -0.05) is 13.8 Å². The minimum atomic E-state index is 0.636. The molecule has 0 fully saturated rings. The molecule has 0 aromatic rings. The first-order valence-electron chi connectivity index (χ1n) is 9.03. The molecule has 6 heteroatoms. The van der Waals surface area contributed by atoms with Crippen LogP contribution in [0.3, 0.4) is 0 Å². The molecule has 0 aliphatic heterocycles. The zero-order valence-corrected chi connectivity index (χ0v) is 15.8. The number of nitrogens with zero attached hydrogens (tertiary/aromatic N) is 2. The van der Waals surface area contributed by atoms with E-state index in [1.54, 1.807) is 0 Å². The van der Waals surface area contributed by atoms with Gasteiger partial charge in [0, 0.05) is 26.2 Å². The smallest absolute Gasteiger partial charge is 0.0701 e. The predicted molar refractivity (Wildman–Crippen MR) is 96.3 cm³/mol. The summed E-state index contributed by atoms with van der Waals surface area (Å²) in [4.78, 5) is 4.82. The molecule has 0 aliphatic rings. The summed E-state index contributed by atoms with van der Waals surface area (Å²) in [5, 5.41) is 3.03. The van der Waals surface area contributed by atoms with Crippen molar-refractivity contribution >= 4 is 0 Å². The molecule has 0 spiro atoms. The van der Waals surface area contributed by atoms with Crippen molar-refractivity contribution in [1.29, 1.82) is 0 Å².